The lowest BCUT2D eigenvalue weighted by Crippen LogP contribution is -2.08. The lowest BCUT2D eigenvalue weighted by Gasteiger charge is -2.13. The van der Waals surface area contributed by atoms with Gasteiger partial charge in [0.2, 0.25) is 0 Å². The Bertz CT molecular complexity index is 820. The van der Waals surface area contributed by atoms with Crippen molar-refractivity contribution in [2.24, 2.45) is 0 Å². The Morgan fingerprint density at radius 3 is 2.74 bits per heavy atom. The van der Waals surface area contributed by atoms with Gasteiger partial charge in [0.15, 0.2) is 0 Å². The van der Waals surface area contributed by atoms with E-state index in [9.17, 15) is 4.39 Å². The monoisotopic (exact) mass is 311 g/mol. The number of para-hydroxylation sites is 1. The van der Waals surface area contributed by atoms with Crippen LogP contribution in [0.1, 0.15) is 0 Å². The molecule has 3 rings (SSSR count). The van der Waals surface area contributed by atoms with Gasteiger partial charge in [-0.1, -0.05) is 18.2 Å². The third-order valence-corrected chi connectivity index (χ3v) is 3.53. The molecular weight excluding hydrogens is 293 g/mol. The Kier molecular flexibility index (Phi) is 4.37. The first kappa shape index (κ1) is 15.2. The van der Waals surface area contributed by atoms with Gasteiger partial charge in [0.05, 0.1) is 17.4 Å². The lowest BCUT2D eigenvalue weighted by molar-refractivity contribution is 0.275. The zero-order valence-corrected chi connectivity index (χ0v) is 13.2. The number of benzene rings is 2. The van der Waals surface area contributed by atoms with Crippen molar-refractivity contribution in [3.63, 3.8) is 0 Å². The Hall–Kier alpha value is -2.69. The number of anilines is 1. The van der Waals surface area contributed by atoms with Gasteiger partial charge in [-0.2, -0.15) is 0 Å². The van der Waals surface area contributed by atoms with Gasteiger partial charge in [0, 0.05) is 25.3 Å². The molecule has 1 aromatic heterocycles. The summed E-state index contributed by atoms with van der Waals surface area (Å²) in [7, 11) is 4.00. The molecule has 118 valence electrons. The van der Waals surface area contributed by atoms with E-state index in [0.717, 1.165) is 22.5 Å². The summed E-state index contributed by atoms with van der Waals surface area (Å²) in [6, 6.07) is 13.6. The van der Waals surface area contributed by atoms with Gasteiger partial charge in [0.25, 0.3) is 0 Å². The Morgan fingerprint density at radius 1 is 1.13 bits per heavy atom. The summed E-state index contributed by atoms with van der Waals surface area (Å²) in [5.41, 5.74) is 4.27. The normalized spacial score (nSPS) is 10.7. The molecule has 23 heavy (non-hydrogen) atoms. The standard InChI is InChI=1S/C18H18FN3O/c1-22(2)14-6-3-5-13(11-14)16-12-20-18-15(21-16)7-4-8-17(18)23-10-9-19/h3-8,11-12H,9-10H2,1-2H3. The Morgan fingerprint density at radius 2 is 1.96 bits per heavy atom. The Balaban J connectivity index is 2.02. The summed E-state index contributed by atoms with van der Waals surface area (Å²) >= 11 is 0. The van der Waals surface area contributed by atoms with Gasteiger partial charge < -0.3 is 9.64 Å². The average molecular weight is 311 g/mol. The van der Waals surface area contributed by atoms with Crippen LogP contribution in [0, 0.1) is 0 Å². The molecule has 0 amide bonds. The van der Waals surface area contributed by atoms with Crippen LogP contribution in [0.15, 0.2) is 48.7 Å². The first-order valence-electron chi connectivity index (χ1n) is 7.41. The molecule has 0 aliphatic carbocycles. The predicted octanol–water partition coefficient (Wildman–Crippen LogP) is 3.71. The van der Waals surface area contributed by atoms with Crippen LogP contribution in [-0.4, -0.2) is 37.3 Å². The van der Waals surface area contributed by atoms with E-state index in [1.807, 2.05) is 49.3 Å². The third kappa shape index (κ3) is 3.23. The fraction of sp³-hybridized carbons (Fsp3) is 0.222. The number of halogens is 1. The predicted molar refractivity (Wildman–Crippen MR) is 90.8 cm³/mol. The molecule has 0 aliphatic heterocycles. The summed E-state index contributed by atoms with van der Waals surface area (Å²) < 4.78 is 17.7. The van der Waals surface area contributed by atoms with Gasteiger partial charge in [-0.15, -0.1) is 0 Å². The summed E-state index contributed by atoms with van der Waals surface area (Å²) in [5.74, 6) is 0.557. The summed E-state index contributed by atoms with van der Waals surface area (Å²) in [6.07, 6.45) is 1.72. The molecule has 0 fully saturated rings. The molecule has 3 aromatic rings. The van der Waals surface area contributed by atoms with Crippen molar-refractivity contribution in [2.45, 2.75) is 0 Å². The molecule has 2 aromatic carbocycles. The number of hydrogen-bond donors (Lipinski definition) is 0. The zero-order chi connectivity index (χ0) is 16.2. The van der Waals surface area contributed by atoms with E-state index in [4.69, 9.17) is 4.74 Å². The van der Waals surface area contributed by atoms with Crippen molar-refractivity contribution in [3.05, 3.63) is 48.7 Å². The number of aromatic nitrogens is 2. The van der Waals surface area contributed by atoms with Gasteiger partial charge in [-0.3, -0.25) is 0 Å². The molecule has 0 unspecified atom stereocenters. The van der Waals surface area contributed by atoms with Crippen LogP contribution >= 0.6 is 0 Å². The first-order valence-corrected chi connectivity index (χ1v) is 7.41. The minimum Gasteiger partial charge on any atom is -0.489 e. The molecule has 0 saturated heterocycles. The van der Waals surface area contributed by atoms with E-state index >= 15 is 0 Å². The molecule has 0 N–H and O–H groups in total. The fourth-order valence-electron chi connectivity index (χ4n) is 2.36. The van der Waals surface area contributed by atoms with Gasteiger partial charge in [0.1, 0.15) is 24.5 Å². The minimum atomic E-state index is -0.529. The van der Waals surface area contributed by atoms with Gasteiger partial charge in [-0.25, -0.2) is 14.4 Å². The van der Waals surface area contributed by atoms with Gasteiger partial charge >= 0.3 is 0 Å². The second-order valence-corrected chi connectivity index (χ2v) is 5.36. The van der Waals surface area contributed by atoms with Crippen molar-refractivity contribution in [2.75, 3.05) is 32.3 Å². The van der Waals surface area contributed by atoms with E-state index in [1.54, 1.807) is 12.3 Å². The van der Waals surface area contributed by atoms with Crippen LogP contribution in [0.3, 0.4) is 0 Å². The average Bonchev–Trinajstić information content (AvgIpc) is 2.59. The second-order valence-electron chi connectivity index (χ2n) is 5.36. The lowest BCUT2D eigenvalue weighted by atomic mass is 10.1. The highest BCUT2D eigenvalue weighted by Crippen LogP contribution is 2.27. The van der Waals surface area contributed by atoms with E-state index in [2.05, 4.69) is 16.0 Å². The number of nitrogens with zero attached hydrogens (tertiary/aromatic N) is 3. The maximum absolute atomic E-state index is 12.3. The van der Waals surface area contributed by atoms with Gasteiger partial charge in [-0.05, 0) is 24.3 Å². The van der Waals surface area contributed by atoms with E-state index in [0.29, 0.717) is 11.3 Å². The van der Waals surface area contributed by atoms with Crippen LogP contribution < -0.4 is 9.64 Å². The quantitative estimate of drug-likeness (QED) is 0.720. The fourth-order valence-corrected chi connectivity index (χ4v) is 2.36. The molecule has 0 radical (unpaired) electrons. The van der Waals surface area contributed by atoms with Crippen LogP contribution in [0.2, 0.25) is 0 Å². The molecule has 5 heteroatoms. The van der Waals surface area contributed by atoms with Crippen molar-refractivity contribution >= 4 is 16.7 Å². The van der Waals surface area contributed by atoms with E-state index in [-0.39, 0.29) is 6.61 Å². The molecule has 0 saturated carbocycles. The third-order valence-electron chi connectivity index (χ3n) is 3.53. The molecule has 0 bridgehead atoms. The van der Waals surface area contributed by atoms with Crippen LogP contribution in [0.25, 0.3) is 22.3 Å². The highest BCUT2D eigenvalue weighted by Gasteiger charge is 2.08. The van der Waals surface area contributed by atoms with Crippen molar-refractivity contribution in [3.8, 4) is 17.0 Å². The first-order chi connectivity index (χ1) is 11.2. The molecule has 1 heterocycles. The van der Waals surface area contributed by atoms with Crippen molar-refractivity contribution < 1.29 is 9.13 Å². The number of hydrogen-bond acceptors (Lipinski definition) is 4. The van der Waals surface area contributed by atoms with E-state index < -0.39 is 6.67 Å². The second kappa shape index (κ2) is 6.60. The Labute approximate surface area is 134 Å². The van der Waals surface area contributed by atoms with Crippen LogP contribution in [0.4, 0.5) is 10.1 Å². The molecule has 0 spiro atoms. The largest absolute Gasteiger partial charge is 0.489 e. The molecule has 0 atom stereocenters. The highest BCUT2D eigenvalue weighted by molar-refractivity contribution is 5.83. The van der Waals surface area contributed by atoms with Crippen LogP contribution in [-0.2, 0) is 0 Å². The maximum atomic E-state index is 12.3. The zero-order valence-electron chi connectivity index (χ0n) is 13.2. The maximum Gasteiger partial charge on any atom is 0.147 e. The number of rotatable bonds is 5. The number of ether oxygens (including phenoxy) is 1. The number of fused-ring (bicyclic) bond motifs is 1. The molecule has 0 aliphatic rings. The SMILES string of the molecule is CN(C)c1cccc(-c2cnc3c(OCCF)cccc3n2)c1. The summed E-state index contributed by atoms with van der Waals surface area (Å²) in [5, 5.41) is 0. The summed E-state index contributed by atoms with van der Waals surface area (Å²) in [4.78, 5) is 11.2. The molecule has 4 nitrogen and oxygen atoms in total. The molecular formula is C18H18FN3O. The smallest absolute Gasteiger partial charge is 0.147 e. The summed E-state index contributed by atoms with van der Waals surface area (Å²) in [6.45, 7) is -0.507. The van der Waals surface area contributed by atoms with Crippen molar-refractivity contribution in [1.82, 2.24) is 9.97 Å². The van der Waals surface area contributed by atoms with Crippen LogP contribution in [0.5, 0.6) is 5.75 Å². The minimum absolute atomic E-state index is 0.0213. The highest BCUT2D eigenvalue weighted by atomic mass is 19.1. The topological polar surface area (TPSA) is 38.2 Å². The van der Waals surface area contributed by atoms with Crippen molar-refractivity contribution in [1.29, 1.82) is 0 Å². The number of alkyl halides is 1. The van der Waals surface area contributed by atoms with E-state index in [1.165, 1.54) is 0 Å².